The smallest absolute Gasteiger partial charge is 0.302 e. The van der Waals surface area contributed by atoms with Crippen molar-refractivity contribution in [3.63, 3.8) is 0 Å². The van der Waals surface area contributed by atoms with Crippen LogP contribution in [0.3, 0.4) is 0 Å². The summed E-state index contributed by atoms with van der Waals surface area (Å²) in [5, 5.41) is 0. The van der Waals surface area contributed by atoms with Gasteiger partial charge >= 0.3 is 11.9 Å². The van der Waals surface area contributed by atoms with Crippen LogP contribution in [0.5, 0.6) is 0 Å². The Morgan fingerprint density at radius 3 is 2.46 bits per heavy atom. The number of fused-ring (bicyclic) bond motifs is 7. The molecule has 0 spiro atoms. The van der Waals surface area contributed by atoms with Gasteiger partial charge in [-0.1, -0.05) is 20.8 Å². The third-order valence-corrected chi connectivity index (χ3v) is 12.2. The summed E-state index contributed by atoms with van der Waals surface area (Å²) in [5.41, 5.74) is 1.49. The number of ether oxygens (including phenoxy) is 3. The van der Waals surface area contributed by atoms with Crippen molar-refractivity contribution in [2.45, 2.75) is 118 Å². The normalized spacial score (nSPS) is 45.2. The van der Waals surface area contributed by atoms with Gasteiger partial charge < -0.3 is 14.2 Å². The molecule has 4 saturated carbocycles. The van der Waals surface area contributed by atoms with E-state index in [1.807, 2.05) is 0 Å². The zero-order chi connectivity index (χ0) is 26.7. The molecule has 6 heteroatoms. The van der Waals surface area contributed by atoms with E-state index in [-0.39, 0.29) is 41.1 Å². The van der Waals surface area contributed by atoms with Gasteiger partial charge in [-0.2, -0.15) is 0 Å². The van der Waals surface area contributed by atoms with Crippen molar-refractivity contribution >= 4 is 23.5 Å². The number of carbonyl (C=O) groups is 2. The maximum atomic E-state index is 12.4. The molecule has 0 aromatic heterocycles. The molecule has 5 aliphatic rings. The van der Waals surface area contributed by atoms with Gasteiger partial charge in [-0.05, 0) is 98.9 Å². The number of hydrogen-bond donors (Lipinski definition) is 0. The average Bonchev–Trinajstić information content (AvgIpc) is 3.31. The topological polar surface area (TPSA) is 61.8 Å². The minimum Gasteiger partial charge on any atom is -0.494 e. The lowest BCUT2D eigenvalue weighted by atomic mass is 9.44. The third kappa shape index (κ3) is 4.53. The Labute approximate surface area is 228 Å². The number of rotatable bonds is 6. The van der Waals surface area contributed by atoms with Gasteiger partial charge in [0.1, 0.15) is 18.3 Å². The molecule has 1 heterocycles. The van der Waals surface area contributed by atoms with Crippen molar-refractivity contribution in [1.29, 1.82) is 0 Å². The van der Waals surface area contributed by atoms with Crippen molar-refractivity contribution in [3.8, 4) is 0 Å². The molecule has 0 saturated heterocycles. The fourth-order valence-corrected chi connectivity index (χ4v) is 10.0. The van der Waals surface area contributed by atoms with Crippen LogP contribution in [0.1, 0.15) is 99.3 Å². The van der Waals surface area contributed by atoms with E-state index in [0.29, 0.717) is 41.4 Å². The second-order valence-electron chi connectivity index (χ2n) is 13.6. The molecule has 5 nitrogen and oxygen atoms in total. The second kappa shape index (κ2) is 10.1. The van der Waals surface area contributed by atoms with Crippen LogP contribution >= 0.6 is 11.6 Å². The maximum absolute atomic E-state index is 12.4. The van der Waals surface area contributed by atoms with Gasteiger partial charge in [-0.25, -0.2) is 0 Å². The van der Waals surface area contributed by atoms with Crippen molar-refractivity contribution in [2.75, 3.05) is 5.88 Å². The summed E-state index contributed by atoms with van der Waals surface area (Å²) in [5.74, 6) is 4.51. The number of allylic oxidation sites excluding steroid dienone is 1. The van der Waals surface area contributed by atoms with Crippen LogP contribution in [0.25, 0.3) is 0 Å². The minimum absolute atomic E-state index is 0.0530. The molecule has 0 unspecified atom stereocenters. The number of hydrogen-bond acceptors (Lipinski definition) is 5. The van der Waals surface area contributed by atoms with Crippen LogP contribution < -0.4 is 0 Å². The van der Waals surface area contributed by atoms with E-state index in [2.05, 4.69) is 27.7 Å². The predicted molar refractivity (Wildman–Crippen MR) is 144 cm³/mol. The van der Waals surface area contributed by atoms with Crippen LogP contribution in [-0.2, 0) is 23.8 Å². The Morgan fingerprint density at radius 2 is 1.78 bits per heavy atom. The first-order valence-electron chi connectivity index (χ1n) is 14.8. The molecule has 0 aromatic rings. The van der Waals surface area contributed by atoms with Gasteiger partial charge in [0.25, 0.3) is 0 Å². The first kappa shape index (κ1) is 27.3. The highest BCUT2D eigenvalue weighted by molar-refractivity contribution is 6.18. The van der Waals surface area contributed by atoms with Crippen LogP contribution in [0.2, 0.25) is 0 Å². The standard InChI is InChI=1S/C31H47ClO5/c1-17(16-32)7-10-26-18(2)29-27(37-26)14-25-23-9-8-21-13-22(35-19(3)33)11-12-30(21,5)24(23)15-28(31(25,29)6)36-20(4)34/h17,21-25,27-29H,7-16H2,1-6H3/t17-,21+,22+,23-,24+,25+,27+,28-,29+,30+,31-/m1/s1. The quantitative estimate of drug-likeness (QED) is 0.270. The van der Waals surface area contributed by atoms with E-state index in [1.165, 1.54) is 25.3 Å². The zero-order valence-corrected chi connectivity index (χ0v) is 24.4. The molecule has 0 aromatic carbocycles. The number of alkyl halides is 1. The number of esters is 2. The Hall–Kier alpha value is -1.23. The molecule has 0 radical (unpaired) electrons. The molecule has 1 aliphatic heterocycles. The van der Waals surface area contributed by atoms with Crippen molar-refractivity contribution in [3.05, 3.63) is 11.3 Å². The lowest BCUT2D eigenvalue weighted by Crippen LogP contribution is -2.59. The summed E-state index contributed by atoms with van der Waals surface area (Å²) in [7, 11) is 0. The molecule has 0 N–H and O–H groups in total. The summed E-state index contributed by atoms with van der Waals surface area (Å²) in [6.45, 7) is 12.5. The third-order valence-electron chi connectivity index (χ3n) is 11.7. The highest BCUT2D eigenvalue weighted by atomic mass is 35.5. The van der Waals surface area contributed by atoms with Crippen molar-refractivity contribution in [2.24, 2.45) is 46.3 Å². The minimum atomic E-state index is -0.167. The van der Waals surface area contributed by atoms with Gasteiger partial charge in [0, 0.05) is 37.5 Å². The predicted octanol–water partition coefficient (Wildman–Crippen LogP) is 7.06. The molecule has 4 aliphatic carbocycles. The van der Waals surface area contributed by atoms with Crippen molar-refractivity contribution < 1.29 is 23.8 Å². The molecule has 37 heavy (non-hydrogen) atoms. The number of carbonyl (C=O) groups excluding carboxylic acids is 2. The summed E-state index contributed by atoms with van der Waals surface area (Å²) in [4.78, 5) is 24.1. The zero-order valence-electron chi connectivity index (χ0n) is 23.7. The van der Waals surface area contributed by atoms with Crippen LogP contribution in [-0.4, -0.2) is 36.1 Å². The molecule has 11 atom stereocenters. The van der Waals surface area contributed by atoms with Gasteiger partial charge in [0.05, 0.1) is 5.76 Å². The second-order valence-corrected chi connectivity index (χ2v) is 13.9. The highest BCUT2D eigenvalue weighted by Crippen LogP contribution is 2.70. The molecule has 208 valence electrons. The van der Waals surface area contributed by atoms with E-state index in [4.69, 9.17) is 25.8 Å². The number of halogens is 1. The lowest BCUT2D eigenvalue weighted by molar-refractivity contribution is -0.193. The van der Waals surface area contributed by atoms with E-state index in [0.717, 1.165) is 50.7 Å². The summed E-state index contributed by atoms with van der Waals surface area (Å²) >= 11 is 6.08. The van der Waals surface area contributed by atoms with Gasteiger partial charge in [0.15, 0.2) is 0 Å². The van der Waals surface area contributed by atoms with Crippen LogP contribution in [0, 0.1) is 46.3 Å². The molecular formula is C31H47ClO5. The average molecular weight is 535 g/mol. The Kier molecular flexibility index (Phi) is 7.44. The molecular weight excluding hydrogens is 488 g/mol. The molecule has 5 rings (SSSR count). The first-order chi connectivity index (χ1) is 17.5. The summed E-state index contributed by atoms with van der Waals surface area (Å²) in [6, 6.07) is 0. The van der Waals surface area contributed by atoms with Crippen LogP contribution in [0.4, 0.5) is 0 Å². The first-order valence-corrected chi connectivity index (χ1v) is 15.3. The SMILES string of the molecule is CC(=O)O[C@H]1CC[C@@]2(C)[C@@H](CC[C@@H]3[C@@H]2C[C@@H](OC(C)=O)[C@@]2(C)[C@H]3C[C@@H]3OC(CC[C@@H](C)CCl)=C(C)[C@@H]32)C1. The maximum Gasteiger partial charge on any atom is 0.302 e. The Bertz CT molecular complexity index is 946. The Balaban J connectivity index is 1.43. The lowest BCUT2D eigenvalue weighted by Gasteiger charge is -2.62. The van der Waals surface area contributed by atoms with Gasteiger partial charge in [-0.3, -0.25) is 9.59 Å². The highest BCUT2D eigenvalue weighted by Gasteiger charge is 2.68. The summed E-state index contributed by atoms with van der Waals surface area (Å²) in [6.07, 6.45) is 9.56. The fraction of sp³-hybridized carbons (Fsp3) is 0.871. The van der Waals surface area contributed by atoms with E-state index in [9.17, 15) is 9.59 Å². The molecule has 0 amide bonds. The van der Waals surface area contributed by atoms with Crippen molar-refractivity contribution in [1.82, 2.24) is 0 Å². The van der Waals surface area contributed by atoms with E-state index >= 15 is 0 Å². The van der Waals surface area contributed by atoms with E-state index < -0.39 is 0 Å². The van der Waals surface area contributed by atoms with Crippen LogP contribution in [0.15, 0.2) is 11.3 Å². The van der Waals surface area contributed by atoms with Gasteiger partial charge in [-0.15, -0.1) is 11.6 Å². The molecule has 4 fully saturated rings. The van der Waals surface area contributed by atoms with Gasteiger partial charge in [0.2, 0.25) is 0 Å². The Morgan fingerprint density at radius 1 is 1.05 bits per heavy atom. The van der Waals surface area contributed by atoms with E-state index in [1.54, 1.807) is 6.92 Å². The summed E-state index contributed by atoms with van der Waals surface area (Å²) < 4.78 is 18.6. The largest absolute Gasteiger partial charge is 0.494 e. The molecule has 0 bridgehead atoms. The fourth-order valence-electron chi connectivity index (χ4n) is 9.90. The monoisotopic (exact) mass is 534 g/mol.